The quantitative estimate of drug-likeness (QED) is 0.379. The molecule has 0 aromatic heterocycles. The summed E-state index contributed by atoms with van der Waals surface area (Å²) in [6.07, 6.45) is 0. The summed E-state index contributed by atoms with van der Waals surface area (Å²) in [5, 5.41) is 0. The SMILES string of the molecule is CN(C)Cc1cccc(CN(C)C)[c]1[Sn].CN(C)Cc1cccc(CN(C)C)[c]1[Sn].[Se]. The van der Waals surface area contributed by atoms with E-state index in [0.29, 0.717) is 0 Å². The maximum absolute atomic E-state index is 2.24. The Balaban J connectivity index is 0.000000562. The summed E-state index contributed by atoms with van der Waals surface area (Å²) in [4.78, 5) is 8.90. The van der Waals surface area contributed by atoms with Crippen LogP contribution in [0.4, 0.5) is 0 Å². The first-order valence-corrected chi connectivity index (χ1v) is 13.1. The summed E-state index contributed by atoms with van der Waals surface area (Å²) in [6.45, 7) is 4.17. The summed E-state index contributed by atoms with van der Waals surface area (Å²) < 4.78 is 3.04. The summed E-state index contributed by atoms with van der Waals surface area (Å²) in [5.74, 6) is 0. The van der Waals surface area contributed by atoms with Gasteiger partial charge in [-0.2, -0.15) is 0 Å². The Morgan fingerprint density at radius 3 is 0.839 bits per heavy atom. The van der Waals surface area contributed by atoms with E-state index in [9.17, 15) is 0 Å². The second-order valence-corrected chi connectivity index (χ2v) is 11.7. The standard InChI is InChI=1S/2C12H19N2.Se.2Sn/c2*1-13(2)9-11-6-5-7-12(8-11)10-14(3)4;;;/h2*5-7H,9-10H2,1-4H3;;;. The predicted molar refractivity (Wildman–Crippen MR) is 139 cm³/mol. The van der Waals surface area contributed by atoms with Crippen LogP contribution in [0.3, 0.4) is 0 Å². The van der Waals surface area contributed by atoms with Gasteiger partial charge in [0.1, 0.15) is 0 Å². The van der Waals surface area contributed by atoms with Gasteiger partial charge in [-0.15, -0.1) is 0 Å². The predicted octanol–water partition coefficient (Wildman–Crippen LogP) is 0.826. The molecule has 0 aliphatic heterocycles. The molecule has 7 heteroatoms. The van der Waals surface area contributed by atoms with Crippen molar-refractivity contribution in [2.45, 2.75) is 26.2 Å². The molecule has 0 heterocycles. The Bertz CT molecular complexity index is 658. The minimum Gasteiger partial charge on any atom is 0 e. The Kier molecular flexibility index (Phi) is 16.3. The van der Waals surface area contributed by atoms with Crippen LogP contribution < -0.4 is 7.16 Å². The van der Waals surface area contributed by atoms with Crippen molar-refractivity contribution in [3.63, 3.8) is 0 Å². The molecule has 31 heavy (non-hydrogen) atoms. The van der Waals surface area contributed by atoms with Gasteiger partial charge in [-0.1, -0.05) is 0 Å². The van der Waals surface area contributed by atoms with E-state index in [4.69, 9.17) is 0 Å². The van der Waals surface area contributed by atoms with Crippen molar-refractivity contribution < 1.29 is 0 Å². The first-order chi connectivity index (χ1) is 14.0. The van der Waals surface area contributed by atoms with Crippen LogP contribution in [0.25, 0.3) is 0 Å². The molecule has 0 fully saturated rings. The number of nitrogens with zero attached hydrogens (tertiary/aromatic N) is 4. The average Bonchev–Trinajstić information content (AvgIpc) is 2.61. The maximum Gasteiger partial charge on any atom is 0 e. The molecule has 168 valence electrons. The fourth-order valence-electron chi connectivity index (χ4n) is 3.20. The molecule has 2 rings (SSSR count). The zero-order chi connectivity index (χ0) is 22.8. The molecule has 0 saturated heterocycles. The molecule has 2 aromatic rings. The van der Waals surface area contributed by atoms with Gasteiger partial charge in [0, 0.05) is 17.1 Å². The zero-order valence-corrected chi connectivity index (χ0v) is 27.9. The van der Waals surface area contributed by atoms with Crippen molar-refractivity contribution in [2.75, 3.05) is 56.4 Å². The number of hydrogen-bond donors (Lipinski definition) is 0. The molecule has 0 unspecified atom stereocenters. The van der Waals surface area contributed by atoms with E-state index in [2.05, 4.69) is 112 Å². The molecule has 0 atom stereocenters. The van der Waals surface area contributed by atoms with Crippen LogP contribution in [-0.4, -0.2) is 138 Å². The number of benzene rings is 2. The van der Waals surface area contributed by atoms with Crippen LogP contribution in [0.5, 0.6) is 0 Å². The Morgan fingerprint density at radius 2 is 0.677 bits per heavy atom. The van der Waals surface area contributed by atoms with Gasteiger partial charge in [0.25, 0.3) is 0 Å². The van der Waals surface area contributed by atoms with E-state index in [1.54, 1.807) is 0 Å². The zero-order valence-electron chi connectivity index (χ0n) is 20.5. The van der Waals surface area contributed by atoms with Gasteiger partial charge in [0.2, 0.25) is 0 Å². The van der Waals surface area contributed by atoms with Crippen molar-refractivity contribution in [1.82, 2.24) is 19.6 Å². The van der Waals surface area contributed by atoms with Crippen LogP contribution >= 0.6 is 0 Å². The van der Waals surface area contributed by atoms with E-state index in [1.165, 1.54) is 74.5 Å². The summed E-state index contributed by atoms with van der Waals surface area (Å²) in [5.41, 5.74) is 5.88. The van der Waals surface area contributed by atoms with E-state index >= 15 is 0 Å². The molecular formula is C24H38N4SeSn2. The maximum atomic E-state index is 2.24. The molecule has 0 aliphatic rings. The van der Waals surface area contributed by atoms with Gasteiger partial charge >= 0.3 is 213 Å². The summed E-state index contributed by atoms with van der Waals surface area (Å²) in [7, 11) is 17.0. The molecule has 0 bridgehead atoms. The van der Waals surface area contributed by atoms with Gasteiger partial charge in [-0.05, 0) is 0 Å². The molecule has 8 radical (unpaired) electrons. The molecular weight excluding hydrogens is 661 g/mol. The Hall–Kier alpha value is 0.397. The molecule has 2 aromatic carbocycles. The molecule has 0 aliphatic carbocycles. The van der Waals surface area contributed by atoms with E-state index in [-0.39, 0.29) is 17.1 Å². The van der Waals surface area contributed by atoms with Crippen LogP contribution in [0.2, 0.25) is 0 Å². The smallest absolute Gasteiger partial charge is 0 e. The summed E-state index contributed by atoms with van der Waals surface area (Å²) in [6, 6.07) is 13.3. The van der Waals surface area contributed by atoms with Crippen LogP contribution in [0.1, 0.15) is 22.3 Å². The molecule has 4 nitrogen and oxygen atoms in total. The molecule has 0 amide bonds. The van der Waals surface area contributed by atoms with Gasteiger partial charge in [-0.3, -0.25) is 0 Å². The third kappa shape index (κ3) is 12.4. The van der Waals surface area contributed by atoms with Crippen molar-refractivity contribution in [1.29, 1.82) is 0 Å². The number of rotatable bonds is 8. The van der Waals surface area contributed by atoms with E-state index < -0.39 is 0 Å². The first-order valence-electron chi connectivity index (χ1n) is 10.2. The largest absolute Gasteiger partial charge is 0 e. The molecule has 0 N–H and O–H groups in total. The van der Waals surface area contributed by atoms with Gasteiger partial charge in [0.15, 0.2) is 0 Å². The third-order valence-electron chi connectivity index (χ3n) is 4.42. The fourth-order valence-corrected chi connectivity index (χ4v) is 5.05. The van der Waals surface area contributed by atoms with Gasteiger partial charge in [0.05, 0.1) is 0 Å². The monoisotopic (exact) mass is 702 g/mol. The van der Waals surface area contributed by atoms with Gasteiger partial charge in [-0.25, -0.2) is 0 Å². The normalized spacial score (nSPS) is 11.0. The molecule has 0 saturated carbocycles. The summed E-state index contributed by atoms with van der Waals surface area (Å²) >= 11 is 3.03. The minimum absolute atomic E-state index is 0. The second-order valence-electron chi connectivity index (χ2n) is 8.85. The molecule has 0 spiro atoms. The second kappa shape index (κ2) is 16.1. The van der Waals surface area contributed by atoms with Crippen molar-refractivity contribution in [2.24, 2.45) is 0 Å². The van der Waals surface area contributed by atoms with Crippen LogP contribution in [-0.2, 0) is 26.2 Å². The first kappa shape index (κ1) is 31.4. The topological polar surface area (TPSA) is 13.0 Å². The van der Waals surface area contributed by atoms with Crippen molar-refractivity contribution in [3.05, 3.63) is 58.7 Å². The van der Waals surface area contributed by atoms with Crippen molar-refractivity contribution >= 4 is 69.3 Å². The van der Waals surface area contributed by atoms with Crippen LogP contribution in [0, 0.1) is 0 Å². The third-order valence-corrected chi connectivity index (χ3v) is 8.09. The van der Waals surface area contributed by atoms with Gasteiger partial charge < -0.3 is 0 Å². The van der Waals surface area contributed by atoms with Crippen LogP contribution in [0.15, 0.2) is 36.4 Å². The van der Waals surface area contributed by atoms with E-state index in [0.717, 1.165) is 26.2 Å². The fraction of sp³-hybridized carbons (Fsp3) is 0.500. The average molecular weight is 699 g/mol. The number of hydrogen-bond acceptors (Lipinski definition) is 4. The van der Waals surface area contributed by atoms with Crippen molar-refractivity contribution in [3.8, 4) is 0 Å². The Labute approximate surface area is 228 Å². The Morgan fingerprint density at radius 1 is 0.484 bits per heavy atom. The minimum atomic E-state index is 0. The van der Waals surface area contributed by atoms with E-state index in [1.807, 2.05) is 0 Å².